The van der Waals surface area contributed by atoms with E-state index in [2.05, 4.69) is 42.7 Å². The highest BCUT2D eigenvalue weighted by Crippen LogP contribution is 2.36. The minimum Gasteiger partial charge on any atom is -0.356 e. The summed E-state index contributed by atoms with van der Waals surface area (Å²) in [5, 5.41) is 9.23. The summed E-state index contributed by atoms with van der Waals surface area (Å²) in [7, 11) is 0. The molecule has 0 aromatic carbocycles. The average molecular weight is 321 g/mol. The number of rotatable bonds is 2. The SMILES string of the molecule is Cc1ncnc(N2CC3CN(c4nccnc4C#N)CC3C2)c1C. The van der Waals surface area contributed by atoms with Gasteiger partial charge in [0.25, 0.3) is 0 Å². The van der Waals surface area contributed by atoms with Gasteiger partial charge in [0.2, 0.25) is 0 Å². The van der Waals surface area contributed by atoms with E-state index in [1.54, 1.807) is 18.7 Å². The normalized spacial score (nSPS) is 22.5. The van der Waals surface area contributed by atoms with E-state index in [1.165, 1.54) is 0 Å². The molecular weight excluding hydrogens is 302 g/mol. The topological polar surface area (TPSA) is 81.8 Å². The Bertz CT molecular complexity index is 799. The summed E-state index contributed by atoms with van der Waals surface area (Å²) < 4.78 is 0. The van der Waals surface area contributed by atoms with Crippen LogP contribution < -0.4 is 9.80 Å². The van der Waals surface area contributed by atoms with Gasteiger partial charge in [-0.2, -0.15) is 5.26 Å². The van der Waals surface area contributed by atoms with Gasteiger partial charge in [0.05, 0.1) is 0 Å². The molecule has 4 rings (SSSR count). The zero-order valence-electron chi connectivity index (χ0n) is 13.8. The van der Waals surface area contributed by atoms with Gasteiger partial charge < -0.3 is 9.80 Å². The lowest BCUT2D eigenvalue weighted by molar-refractivity contribution is 0.533. The van der Waals surface area contributed by atoms with Crippen LogP contribution in [0.2, 0.25) is 0 Å². The van der Waals surface area contributed by atoms with Crippen molar-refractivity contribution in [2.24, 2.45) is 11.8 Å². The van der Waals surface area contributed by atoms with Crippen LogP contribution in [0.5, 0.6) is 0 Å². The number of aryl methyl sites for hydroxylation is 1. The lowest BCUT2D eigenvalue weighted by Gasteiger charge is -2.24. The third kappa shape index (κ3) is 2.35. The first-order valence-corrected chi connectivity index (χ1v) is 8.16. The maximum atomic E-state index is 9.23. The van der Waals surface area contributed by atoms with Crippen LogP contribution in [0.15, 0.2) is 18.7 Å². The Balaban J connectivity index is 1.51. The first-order valence-electron chi connectivity index (χ1n) is 8.16. The highest BCUT2D eigenvalue weighted by molar-refractivity contribution is 5.53. The van der Waals surface area contributed by atoms with E-state index in [1.807, 2.05) is 6.92 Å². The third-order valence-corrected chi connectivity index (χ3v) is 5.18. The summed E-state index contributed by atoms with van der Waals surface area (Å²) in [5.74, 6) is 2.90. The fraction of sp³-hybridized carbons (Fsp3) is 0.471. The molecular formula is C17H19N7. The minimum atomic E-state index is 0.414. The molecule has 2 aromatic heterocycles. The Hall–Kier alpha value is -2.75. The van der Waals surface area contributed by atoms with Crippen LogP contribution in [-0.2, 0) is 0 Å². The summed E-state index contributed by atoms with van der Waals surface area (Å²) in [6.07, 6.45) is 4.88. The number of fused-ring (bicyclic) bond motifs is 1. The van der Waals surface area contributed by atoms with Crippen LogP contribution in [0.1, 0.15) is 17.0 Å². The zero-order chi connectivity index (χ0) is 16.7. The van der Waals surface area contributed by atoms with E-state index in [-0.39, 0.29) is 0 Å². The highest BCUT2D eigenvalue weighted by atomic mass is 15.3. The summed E-state index contributed by atoms with van der Waals surface area (Å²) in [6, 6.07) is 2.14. The molecule has 7 nitrogen and oxygen atoms in total. The second-order valence-electron chi connectivity index (χ2n) is 6.58. The fourth-order valence-electron chi connectivity index (χ4n) is 3.82. The fourth-order valence-corrected chi connectivity index (χ4v) is 3.82. The molecule has 0 saturated carbocycles. The van der Waals surface area contributed by atoms with Crippen molar-refractivity contribution in [3.63, 3.8) is 0 Å². The molecule has 4 heterocycles. The number of aromatic nitrogens is 4. The molecule has 2 atom stereocenters. The monoisotopic (exact) mass is 321 g/mol. The number of nitriles is 1. The van der Waals surface area contributed by atoms with Crippen molar-refractivity contribution in [2.45, 2.75) is 13.8 Å². The molecule has 2 unspecified atom stereocenters. The number of nitrogens with zero attached hydrogens (tertiary/aromatic N) is 7. The van der Waals surface area contributed by atoms with Crippen molar-refractivity contribution in [2.75, 3.05) is 36.0 Å². The quantitative estimate of drug-likeness (QED) is 0.825. The van der Waals surface area contributed by atoms with Crippen molar-refractivity contribution < 1.29 is 0 Å². The Labute approximate surface area is 141 Å². The summed E-state index contributed by atoms with van der Waals surface area (Å²) in [4.78, 5) is 21.8. The molecule has 122 valence electrons. The van der Waals surface area contributed by atoms with Crippen molar-refractivity contribution in [1.82, 2.24) is 19.9 Å². The molecule has 2 fully saturated rings. The van der Waals surface area contributed by atoms with Gasteiger partial charge in [-0.1, -0.05) is 0 Å². The van der Waals surface area contributed by atoms with Gasteiger partial charge in [0.15, 0.2) is 11.5 Å². The van der Waals surface area contributed by atoms with Crippen molar-refractivity contribution >= 4 is 11.6 Å². The summed E-state index contributed by atoms with van der Waals surface area (Å²) >= 11 is 0. The van der Waals surface area contributed by atoms with E-state index in [0.29, 0.717) is 17.5 Å². The van der Waals surface area contributed by atoms with Gasteiger partial charge in [0, 0.05) is 61.7 Å². The largest absolute Gasteiger partial charge is 0.356 e. The first-order chi connectivity index (χ1) is 11.7. The molecule has 2 aliphatic rings. The molecule has 0 amide bonds. The molecule has 7 heteroatoms. The summed E-state index contributed by atoms with van der Waals surface area (Å²) in [6.45, 7) is 7.91. The van der Waals surface area contributed by atoms with Gasteiger partial charge >= 0.3 is 0 Å². The van der Waals surface area contributed by atoms with Crippen LogP contribution in [0, 0.1) is 37.0 Å². The standard InChI is InChI=1S/C17H19N7/c1-11-12(2)21-10-22-16(11)23-6-13-8-24(9-14(13)7-23)17-15(5-18)19-3-4-20-17/h3-4,10,13-14H,6-9H2,1-2H3. The molecule has 0 spiro atoms. The van der Waals surface area contributed by atoms with Crippen LogP contribution in [0.4, 0.5) is 11.6 Å². The van der Waals surface area contributed by atoms with Gasteiger partial charge in [-0.15, -0.1) is 0 Å². The summed E-state index contributed by atoms with van der Waals surface area (Å²) in [5.41, 5.74) is 2.61. The average Bonchev–Trinajstić information content (AvgIpc) is 3.16. The maximum Gasteiger partial charge on any atom is 0.183 e. The second kappa shape index (κ2) is 5.71. The molecule has 0 bridgehead atoms. The minimum absolute atomic E-state index is 0.414. The molecule has 24 heavy (non-hydrogen) atoms. The van der Waals surface area contributed by atoms with Crippen molar-refractivity contribution in [1.29, 1.82) is 5.26 Å². The molecule has 2 saturated heterocycles. The van der Waals surface area contributed by atoms with Gasteiger partial charge in [-0.25, -0.2) is 19.9 Å². The van der Waals surface area contributed by atoms with E-state index in [0.717, 1.165) is 49.1 Å². The van der Waals surface area contributed by atoms with Gasteiger partial charge in [-0.3, -0.25) is 0 Å². The Kier molecular flexibility index (Phi) is 3.53. The predicted octanol–water partition coefficient (Wildman–Crippen LogP) is 1.33. The molecule has 0 radical (unpaired) electrons. The third-order valence-electron chi connectivity index (χ3n) is 5.18. The highest BCUT2D eigenvalue weighted by Gasteiger charge is 2.41. The lowest BCUT2D eigenvalue weighted by atomic mass is 10.0. The molecule has 2 aliphatic heterocycles. The van der Waals surface area contributed by atoms with Crippen LogP contribution in [0.25, 0.3) is 0 Å². The van der Waals surface area contributed by atoms with E-state index in [9.17, 15) is 5.26 Å². The molecule has 2 aromatic rings. The van der Waals surface area contributed by atoms with Crippen LogP contribution in [-0.4, -0.2) is 46.1 Å². The van der Waals surface area contributed by atoms with E-state index in [4.69, 9.17) is 0 Å². The zero-order valence-corrected chi connectivity index (χ0v) is 13.8. The number of hydrogen-bond acceptors (Lipinski definition) is 7. The first kappa shape index (κ1) is 14.8. The Morgan fingerprint density at radius 1 is 0.917 bits per heavy atom. The molecule has 0 aliphatic carbocycles. The van der Waals surface area contributed by atoms with Gasteiger partial charge in [0.1, 0.15) is 18.2 Å². The van der Waals surface area contributed by atoms with E-state index < -0.39 is 0 Å². The predicted molar refractivity (Wildman–Crippen MR) is 89.7 cm³/mol. The van der Waals surface area contributed by atoms with Crippen LogP contribution >= 0.6 is 0 Å². The number of hydrogen-bond donors (Lipinski definition) is 0. The van der Waals surface area contributed by atoms with Crippen molar-refractivity contribution in [3.05, 3.63) is 35.7 Å². The van der Waals surface area contributed by atoms with Gasteiger partial charge in [-0.05, 0) is 13.8 Å². The Morgan fingerprint density at radius 2 is 1.54 bits per heavy atom. The number of anilines is 2. The van der Waals surface area contributed by atoms with Crippen molar-refractivity contribution in [3.8, 4) is 6.07 Å². The second-order valence-corrected chi connectivity index (χ2v) is 6.58. The Morgan fingerprint density at radius 3 is 2.21 bits per heavy atom. The lowest BCUT2D eigenvalue weighted by Crippen LogP contribution is -2.30. The maximum absolute atomic E-state index is 9.23. The van der Waals surface area contributed by atoms with Crippen LogP contribution in [0.3, 0.4) is 0 Å². The molecule has 0 N–H and O–H groups in total. The smallest absolute Gasteiger partial charge is 0.183 e. The van der Waals surface area contributed by atoms with E-state index >= 15 is 0 Å².